The lowest BCUT2D eigenvalue weighted by molar-refractivity contribution is -0.119. The van der Waals surface area contributed by atoms with Crippen molar-refractivity contribution in [1.29, 1.82) is 0 Å². The maximum atomic E-state index is 12.7. The first kappa shape index (κ1) is 12.4. The molecule has 0 saturated heterocycles. The van der Waals surface area contributed by atoms with E-state index < -0.39 is 23.6 Å². The molecule has 6 heteroatoms. The summed E-state index contributed by atoms with van der Waals surface area (Å²) in [5.41, 5.74) is 10.3. The van der Waals surface area contributed by atoms with Crippen LogP contribution < -0.4 is 16.2 Å². The summed E-state index contributed by atoms with van der Waals surface area (Å²) in [5, 5.41) is 0. The number of primary amides is 1. The van der Waals surface area contributed by atoms with Crippen LogP contribution in [0.2, 0.25) is 0 Å². The summed E-state index contributed by atoms with van der Waals surface area (Å²) >= 11 is 0. The van der Waals surface area contributed by atoms with Crippen LogP contribution in [-0.4, -0.2) is 18.6 Å². The molecule has 1 rings (SSSR count). The third-order valence-electron chi connectivity index (χ3n) is 1.90. The quantitative estimate of drug-likeness (QED) is 0.775. The molecular formula is C10H12F2N2O2. The Morgan fingerprint density at radius 1 is 1.31 bits per heavy atom. The van der Waals surface area contributed by atoms with E-state index in [0.717, 1.165) is 18.2 Å². The van der Waals surface area contributed by atoms with Gasteiger partial charge in [-0.3, -0.25) is 4.79 Å². The van der Waals surface area contributed by atoms with Gasteiger partial charge in [0.2, 0.25) is 5.91 Å². The molecule has 0 fully saturated rings. The maximum Gasteiger partial charge on any atom is 0.234 e. The minimum absolute atomic E-state index is 0.0502. The van der Waals surface area contributed by atoms with Crippen molar-refractivity contribution in [2.75, 3.05) is 6.61 Å². The van der Waals surface area contributed by atoms with Gasteiger partial charge in [0, 0.05) is 24.6 Å². The number of benzene rings is 1. The van der Waals surface area contributed by atoms with E-state index >= 15 is 0 Å². The van der Waals surface area contributed by atoms with Gasteiger partial charge in [0.1, 0.15) is 17.4 Å². The highest BCUT2D eigenvalue weighted by molar-refractivity contribution is 5.79. The van der Waals surface area contributed by atoms with Crippen LogP contribution >= 0.6 is 0 Å². The smallest absolute Gasteiger partial charge is 0.234 e. The van der Waals surface area contributed by atoms with Crippen LogP contribution in [0.1, 0.15) is 6.42 Å². The molecule has 1 atom stereocenters. The minimum atomic E-state index is -0.821. The summed E-state index contributed by atoms with van der Waals surface area (Å²) in [6.45, 7) is 0.0625. The largest absolute Gasteiger partial charge is 0.493 e. The lowest BCUT2D eigenvalue weighted by Crippen LogP contribution is -2.37. The molecule has 0 heterocycles. The highest BCUT2D eigenvalue weighted by Gasteiger charge is 2.09. The zero-order chi connectivity index (χ0) is 12.1. The second-order valence-electron chi connectivity index (χ2n) is 3.25. The Balaban J connectivity index is 2.46. The molecule has 1 aromatic carbocycles. The van der Waals surface area contributed by atoms with Crippen LogP contribution in [0, 0.1) is 11.6 Å². The number of ether oxygens (including phenoxy) is 1. The molecule has 88 valence electrons. The van der Waals surface area contributed by atoms with E-state index in [-0.39, 0.29) is 18.8 Å². The van der Waals surface area contributed by atoms with E-state index in [4.69, 9.17) is 16.2 Å². The Morgan fingerprint density at radius 3 is 2.38 bits per heavy atom. The normalized spacial score (nSPS) is 12.2. The SMILES string of the molecule is NC(=O)C(N)CCOc1cc(F)cc(F)c1. The highest BCUT2D eigenvalue weighted by atomic mass is 19.1. The predicted octanol–water partition coefficient (Wildman–Crippen LogP) is 0.546. The van der Waals surface area contributed by atoms with Crippen molar-refractivity contribution in [3.8, 4) is 5.75 Å². The lowest BCUT2D eigenvalue weighted by atomic mass is 10.2. The van der Waals surface area contributed by atoms with Crippen molar-refractivity contribution >= 4 is 5.91 Å². The number of carbonyl (C=O) groups is 1. The summed E-state index contributed by atoms with van der Waals surface area (Å²) in [7, 11) is 0. The Kier molecular flexibility index (Phi) is 4.19. The average molecular weight is 230 g/mol. The first-order chi connectivity index (χ1) is 7.49. The molecule has 0 radical (unpaired) electrons. The van der Waals surface area contributed by atoms with Gasteiger partial charge in [0.15, 0.2) is 0 Å². The number of rotatable bonds is 5. The van der Waals surface area contributed by atoms with Gasteiger partial charge < -0.3 is 16.2 Å². The van der Waals surface area contributed by atoms with Crippen LogP contribution in [-0.2, 0) is 4.79 Å². The van der Waals surface area contributed by atoms with E-state index in [9.17, 15) is 13.6 Å². The number of halogens is 2. The molecule has 1 aromatic rings. The van der Waals surface area contributed by atoms with E-state index in [1.807, 2.05) is 0 Å². The second kappa shape index (κ2) is 5.41. The van der Waals surface area contributed by atoms with Crippen molar-refractivity contribution < 1.29 is 18.3 Å². The third-order valence-corrected chi connectivity index (χ3v) is 1.90. The molecule has 16 heavy (non-hydrogen) atoms. The second-order valence-corrected chi connectivity index (χ2v) is 3.25. The zero-order valence-corrected chi connectivity index (χ0v) is 8.45. The number of amides is 1. The maximum absolute atomic E-state index is 12.7. The van der Waals surface area contributed by atoms with Crippen molar-refractivity contribution in [2.24, 2.45) is 11.5 Å². The molecule has 0 aromatic heterocycles. The first-order valence-electron chi connectivity index (χ1n) is 4.63. The summed E-state index contributed by atoms with van der Waals surface area (Å²) in [5.74, 6) is -2.05. The van der Waals surface area contributed by atoms with E-state index in [0.29, 0.717) is 0 Å². The fourth-order valence-electron chi connectivity index (χ4n) is 1.06. The van der Waals surface area contributed by atoms with Gasteiger partial charge in [-0.15, -0.1) is 0 Å². The highest BCUT2D eigenvalue weighted by Crippen LogP contribution is 2.15. The first-order valence-corrected chi connectivity index (χ1v) is 4.63. The predicted molar refractivity (Wildman–Crippen MR) is 53.6 cm³/mol. The van der Waals surface area contributed by atoms with E-state index in [1.54, 1.807) is 0 Å². The van der Waals surface area contributed by atoms with Crippen molar-refractivity contribution in [3.63, 3.8) is 0 Å². The number of carbonyl (C=O) groups excluding carboxylic acids is 1. The van der Waals surface area contributed by atoms with Crippen LogP contribution in [0.15, 0.2) is 18.2 Å². The molecule has 0 spiro atoms. The Labute approximate surface area is 91.2 Å². The van der Waals surface area contributed by atoms with Crippen molar-refractivity contribution in [3.05, 3.63) is 29.8 Å². The monoisotopic (exact) mass is 230 g/mol. The fraction of sp³-hybridized carbons (Fsp3) is 0.300. The van der Waals surface area contributed by atoms with Gasteiger partial charge in [0.25, 0.3) is 0 Å². The third kappa shape index (κ3) is 3.82. The van der Waals surface area contributed by atoms with E-state index in [1.165, 1.54) is 0 Å². The van der Waals surface area contributed by atoms with Gasteiger partial charge in [-0.1, -0.05) is 0 Å². The summed E-state index contributed by atoms with van der Waals surface area (Å²) < 4.78 is 30.5. The fourth-order valence-corrected chi connectivity index (χ4v) is 1.06. The Bertz CT molecular complexity index is 365. The Hall–Kier alpha value is -1.69. The molecule has 4 nitrogen and oxygen atoms in total. The summed E-state index contributed by atoms with van der Waals surface area (Å²) in [6, 6.07) is 2.00. The average Bonchev–Trinajstić information content (AvgIpc) is 2.15. The van der Waals surface area contributed by atoms with Crippen molar-refractivity contribution in [2.45, 2.75) is 12.5 Å². The van der Waals surface area contributed by atoms with Crippen molar-refractivity contribution in [1.82, 2.24) is 0 Å². The van der Waals surface area contributed by atoms with Gasteiger partial charge in [-0.2, -0.15) is 0 Å². The molecule has 1 amide bonds. The van der Waals surface area contributed by atoms with Crippen LogP contribution in [0.5, 0.6) is 5.75 Å². The molecule has 0 aliphatic carbocycles. The molecule has 1 unspecified atom stereocenters. The summed E-state index contributed by atoms with van der Waals surface area (Å²) in [4.78, 5) is 10.6. The topological polar surface area (TPSA) is 78.3 Å². The lowest BCUT2D eigenvalue weighted by Gasteiger charge is -2.09. The molecule has 0 aliphatic heterocycles. The van der Waals surface area contributed by atoms with E-state index in [2.05, 4.69) is 0 Å². The van der Waals surface area contributed by atoms with Gasteiger partial charge >= 0.3 is 0 Å². The van der Waals surface area contributed by atoms with Crippen LogP contribution in [0.25, 0.3) is 0 Å². The number of nitrogens with two attached hydrogens (primary N) is 2. The summed E-state index contributed by atoms with van der Waals surface area (Å²) in [6.07, 6.45) is 0.188. The molecular weight excluding hydrogens is 218 g/mol. The van der Waals surface area contributed by atoms with Gasteiger partial charge in [-0.25, -0.2) is 8.78 Å². The van der Waals surface area contributed by atoms with Crippen LogP contribution in [0.4, 0.5) is 8.78 Å². The number of hydrogen-bond acceptors (Lipinski definition) is 3. The zero-order valence-electron chi connectivity index (χ0n) is 8.45. The van der Waals surface area contributed by atoms with Gasteiger partial charge in [-0.05, 0) is 0 Å². The number of hydrogen-bond donors (Lipinski definition) is 2. The molecule has 0 aliphatic rings. The molecule has 0 saturated carbocycles. The Morgan fingerprint density at radius 2 is 1.88 bits per heavy atom. The standard InChI is InChI=1S/C10H12F2N2O2/c11-6-3-7(12)5-8(4-6)16-2-1-9(13)10(14)15/h3-5,9H,1-2,13H2,(H2,14,15). The molecule has 4 N–H and O–H groups in total. The molecule has 0 bridgehead atoms. The van der Waals surface area contributed by atoms with Gasteiger partial charge in [0.05, 0.1) is 12.6 Å². The minimum Gasteiger partial charge on any atom is -0.493 e. The van der Waals surface area contributed by atoms with Crippen LogP contribution in [0.3, 0.4) is 0 Å².